The van der Waals surface area contributed by atoms with Gasteiger partial charge in [-0.2, -0.15) is 0 Å². The Kier molecular flexibility index (Phi) is 6.13. The van der Waals surface area contributed by atoms with E-state index in [0.717, 1.165) is 6.07 Å². The molecule has 0 aliphatic carbocycles. The molecule has 0 unspecified atom stereocenters. The van der Waals surface area contributed by atoms with Gasteiger partial charge in [-0.25, -0.2) is 35.1 Å². The summed E-state index contributed by atoms with van der Waals surface area (Å²) in [4.78, 5) is 0. The van der Waals surface area contributed by atoms with Gasteiger partial charge in [-0.1, -0.05) is 5.39 Å². The first-order chi connectivity index (χ1) is 10.7. The molecule has 0 aliphatic rings. The fourth-order valence-electron chi connectivity index (χ4n) is 2.25. The van der Waals surface area contributed by atoms with Gasteiger partial charge >= 0.3 is 23.1 Å². The number of rotatable bonds is 0. The molecule has 0 bridgehead atoms. The fourth-order valence-corrected chi connectivity index (χ4v) is 2.25. The molecule has 25 heavy (non-hydrogen) atoms. The maximum absolute atomic E-state index is 14.2. The molecule has 3 aromatic carbocycles. The van der Waals surface area contributed by atoms with E-state index >= 15 is 0 Å². The minimum atomic E-state index is -2.49. The predicted octanol–water partition coefficient (Wildman–Crippen LogP) is 1.67. The first-order valence-electron chi connectivity index (χ1n) is 5.70. The maximum Gasteiger partial charge on any atom is 2.00 e. The Labute approximate surface area is 155 Å². The van der Waals surface area contributed by atoms with Crippen molar-refractivity contribution in [2.75, 3.05) is 0 Å². The quantitative estimate of drug-likeness (QED) is 0.135. The minimum Gasteiger partial charge on any atom is -1.00 e. The van der Waals surface area contributed by atoms with Crippen molar-refractivity contribution in [3.63, 3.8) is 0 Å². The Morgan fingerprint density at radius 2 is 0.760 bits per heavy atom. The van der Waals surface area contributed by atoms with Gasteiger partial charge < -0.3 is 12.4 Å². The van der Waals surface area contributed by atoms with Crippen LogP contribution in [0.15, 0.2) is 0 Å². The zero-order valence-corrected chi connectivity index (χ0v) is 13.7. The van der Waals surface area contributed by atoms with Gasteiger partial charge in [-0.15, -0.1) is 6.07 Å². The maximum atomic E-state index is 14.2. The normalized spacial score (nSPS) is 10.8. The van der Waals surface area contributed by atoms with Crippen molar-refractivity contribution in [2.24, 2.45) is 0 Å². The van der Waals surface area contributed by atoms with E-state index in [2.05, 4.69) is 0 Å². The van der Waals surface area contributed by atoms with Crippen LogP contribution < -0.4 is 12.4 Å². The van der Waals surface area contributed by atoms with E-state index in [1.54, 1.807) is 0 Å². The molecule has 0 N–H and O–H groups in total. The van der Waals surface area contributed by atoms with Crippen LogP contribution in [0.2, 0.25) is 0 Å². The van der Waals surface area contributed by atoms with Gasteiger partial charge in [0.05, 0.1) is 22.4 Å². The third kappa shape index (κ3) is 2.79. The molecule has 0 spiro atoms. The third-order valence-electron chi connectivity index (χ3n) is 3.25. The first kappa shape index (κ1) is 21.6. The molecule has 0 radical (unpaired) electrons. The first-order valence-corrected chi connectivity index (χ1v) is 5.70. The summed E-state index contributed by atoms with van der Waals surface area (Å²) in [6.45, 7) is 0. The molecule has 0 saturated carbocycles. The summed E-state index contributed by atoms with van der Waals surface area (Å²) in [5.74, 6) is -20.2. The van der Waals surface area contributed by atoms with E-state index in [1.165, 1.54) is 0 Å². The Bertz CT molecular complexity index is 1020. The van der Waals surface area contributed by atoms with Crippen LogP contribution in [0, 0.1) is 58.4 Å². The molecule has 3 aromatic rings. The van der Waals surface area contributed by atoms with Gasteiger partial charge in [-0.3, -0.25) is 4.39 Å². The zero-order chi connectivity index (χ0) is 17.2. The van der Waals surface area contributed by atoms with Crippen LogP contribution in [-0.4, -0.2) is 23.1 Å². The number of fused-ring (bicyclic) bond motifs is 2. The molecule has 0 aliphatic heterocycles. The van der Waals surface area contributed by atoms with Gasteiger partial charge in [0.15, 0.2) is 23.3 Å². The van der Waals surface area contributed by atoms with Crippen molar-refractivity contribution < 1.29 is 51.9 Å². The Morgan fingerprint density at radius 1 is 0.400 bits per heavy atom. The number of halogens is 10. The molecular weight excluding hydrogens is 399 g/mol. The molecule has 0 heterocycles. The van der Waals surface area contributed by atoms with Crippen molar-refractivity contribution in [1.29, 1.82) is 0 Å². The number of benzene rings is 3. The molecule has 128 valence electrons. The van der Waals surface area contributed by atoms with E-state index in [9.17, 15) is 39.5 Å². The van der Waals surface area contributed by atoms with Crippen LogP contribution in [0.25, 0.3) is 21.5 Å². The molecule has 11 heteroatoms. The summed E-state index contributed by atoms with van der Waals surface area (Å²) in [6.07, 6.45) is 0. The van der Waals surface area contributed by atoms with E-state index in [4.69, 9.17) is 0 Å². The van der Waals surface area contributed by atoms with Crippen molar-refractivity contribution in [2.45, 2.75) is 0 Å². The number of hydrogen-bond donors (Lipinski definition) is 0. The van der Waals surface area contributed by atoms with Gasteiger partial charge in [0.25, 0.3) is 0 Å². The standard InChI is InChI=1S/C14F9.ClH.Mg/c15-2-1-3(16)8(17)5-4(2)9(18)6-7(10(5)19)12(21)14(23)13(22)11(6)20;;/h;1H;/q-1;;+2/p-1. The van der Waals surface area contributed by atoms with E-state index in [0.29, 0.717) is 0 Å². The molecule has 3 rings (SSSR count). The van der Waals surface area contributed by atoms with Crippen LogP contribution in [0.5, 0.6) is 0 Å². The van der Waals surface area contributed by atoms with Crippen molar-refractivity contribution in [3.05, 3.63) is 58.4 Å². The summed E-state index contributed by atoms with van der Waals surface area (Å²) in [7, 11) is 0. The van der Waals surface area contributed by atoms with E-state index in [-0.39, 0.29) is 35.5 Å². The smallest absolute Gasteiger partial charge is 1.00 e. The SMILES string of the molecule is Fc1[c-]c(F)c2c(F)c3c(F)c(F)c(F)c(F)c3c(F)c2c1F.[Cl-].[Mg+2]. The van der Waals surface area contributed by atoms with Crippen LogP contribution >= 0.6 is 0 Å². The fraction of sp³-hybridized carbons (Fsp3) is 0. The van der Waals surface area contributed by atoms with E-state index in [1.807, 2.05) is 0 Å². The van der Waals surface area contributed by atoms with E-state index < -0.39 is 73.9 Å². The largest absolute Gasteiger partial charge is 2.00 e. The van der Waals surface area contributed by atoms with Gasteiger partial charge in [0.1, 0.15) is 5.82 Å². The average molecular weight is 399 g/mol. The summed E-state index contributed by atoms with van der Waals surface area (Å²) in [5.41, 5.74) is 0. The second kappa shape index (κ2) is 7.08. The van der Waals surface area contributed by atoms with Crippen LogP contribution in [0.4, 0.5) is 39.5 Å². The van der Waals surface area contributed by atoms with Crippen LogP contribution in [-0.2, 0) is 0 Å². The summed E-state index contributed by atoms with van der Waals surface area (Å²) >= 11 is 0. The minimum absolute atomic E-state index is 0. The Hall–Kier alpha value is -1.39. The average Bonchev–Trinajstić information content (AvgIpc) is 2.49. The van der Waals surface area contributed by atoms with Gasteiger partial charge in [0, 0.05) is 11.6 Å². The second-order valence-corrected chi connectivity index (χ2v) is 4.45. The monoisotopic (exact) mass is 398 g/mol. The molecule has 0 atom stereocenters. The predicted molar refractivity (Wildman–Crippen MR) is 65.7 cm³/mol. The Morgan fingerprint density at radius 3 is 1.20 bits per heavy atom. The van der Waals surface area contributed by atoms with Gasteiger partial charge in [0.2, 0.25) is 0 Å². The molecule has 0 nitrogen and oxygen atoms in total. The Balaban J connectivity index is 0.00000156. The summed E-state index contributed by atoms with van der Waals surface area (Å²) in [6, 6.07) is 1.08. The molecular formula is C14ClF9Mg. The molecule has 0 fully saturated rings. The third-order valence-corrected chi connectivity index (χ3v) is 3.25. The summed E-state index contributed by atoms with van der Waals surface area (Å²) < 4.78 is 122. The second-order valence-electron chi connectivity index (χ2n) is 4.45. The van der Waals surface area contributed by atoms with Crippen molar-refractivity contribution in [3.8, 4) is 0 Å². The summed E-state index contributed by atoms with van der Waals surface area (Å²) in [5, 5.41) is -6.91. The van der Waals surface area contributed by atoms with Gasteiger partial charge in [-0.05, 0) is 5.39 Å². The van der Waals surface area contributed by atoms with Crippen LogP contribution in [0.3, 0.4) is 0 Å². The van der Waals surface area contributed by atoms with Crippen molar-refractivity contribution in [1.82, 2.24) is 0 Å². The zero-order valence-electron chi connectivity index (χ0n) is 11.5. The molecule has 0 aromatic heterocycles. The van der Waals surface area contributed by atoms with Crippen LogP contribution in [0.1, 0.15) is 0 Å². The topological polar surface area (TPSA) is 0 Å². The number of hydrogen-bond acceptors (Lipinski definition) is 0. The van der Waals surface area contributed by atoms with Crippen molar-refractivity contribution >= 4 is 44.6 Å². The molecule has 0 amide bonds. The molecule has 0 saturated heterocycles.